The Morgan fingerprint density at radius 1 is 0.769 bits per heavy atom. The van der Waals surface area contributed by atoms with E-state index >= 15 is 0 Å². The van der Waals surface area contributed by atoms with Crippen LogP contribution < -0.4 is 40.4 Å². The van der Waals surface area contributed by atoms with E-state index in [9.17, 15) is 14.7 Å². The minimum Gasteiger partial charge on any atom is -0.550 e. The van der Waals surface area contributed by atoms with Gasteiger partial charge in [0.05, 0.1) is 0 Å². The van der Waals surface area contributed by atoms with Crippen molar-refractivity contribution >= 4 is 11.9 Å². The number of nitrogens with two attached hydrogens (primary N) is 1. The minimum atomic E-state index is -0.903. The molecule has 26 heavy (non-hydrogen) atoms. The summed E-state index contributed by atoms with van der Waals surface area (Å²) in [5.74, 6) is -1.38. The molecule has 148 valence electrons. The Bertz CT molecular complexity index is 322. The van der Waals surface area contributed by atoms with Gasteiger partial charge in [-0.05, 0) is 18.9 Å². The third kappa shape index (κ3) is 34.9. The summed E-state index contributed by atoms with van der Waals surface area (Å²) in [6, 6.07) is 0. The summed E-state index contributed by atoms with van der Waals surface area (Å²) >= 11 is 0. The number of aliphatic carboxylic acids is 1. The molecule has 0 bridgehead atoms. The number of unbranched alkanes of at least 4 members (excludes halogenated alkanes) is 14. The molecule has 0 aromatic carbocycles. The Morgan fingerprint density at radius 3 is 1.27 bits per heavy atom. The first-order valence-electron chi connectivity index (χ1n) is 10.2. The van der Waals surface area contributed by atoms with Crippen LogP contribution in [0.1, 0.15) is 110 Å². The molecule has 0 fully saturated rings. The van der Waals surface area contributed by atoms with E-state index in [-0.39, 0.29) is 36.0 Å². The van der Waals surface area contributed by atoms with Crippen LogP contribution in [0.4, 0.5) is 0 Å². The van der Waals surface area contributed by atoms with Crippen LogP contribution in [0.2, 0.25) is 0 Å². The van der Waals surface area contributed by atoms with Gasteiger partial charge in [0.25, 0.3) is 0 Å². The topological polar surface area (TPSA) is 83.2 Å². The Labute approximate surface area is 183 Å². The zero-order chi connectivity index (χ0) is 19.2. The molecule has 0 radical (unpaired) electrons. The van der Waals surface area contributed by atoms with Gasteiger partial charge in [0.15, 0.2) is 0 Å². The summed E-state index contributed by atoms with van der Waals surface area (Å²) in [7, 11) is 0. The average Bonchev–Trinajstić information content (AvgIpc) is 2.58. The fourth-order valence-electron chi connectivity index (χ4n) is 2.64. The molecule has 0 saturated heterocycles. The van der Waals surface area contributed by atoms with Gasteiger partial charge in [-0.2, -0.15) is 0 Å². The van der Waals surface area contributed by atoms with Crippen LogP contribution in [-0.4, -0.2) is 11.9 Å². The summed E-state index contributed by atoms with van der Waals surface area (Å²) in [5, 5.41) is 10.2. The van der Waals surface area contributed by atoms with E-state index in [0.717, 1.165) is 18.9 Å². The fourth-order valence-corrected chi connectivity index (χ4v) is 2.64. The summed E-state index contributed by atoms with van der Waals surface area (Å²) in [6.45, 7) is 5.35. The molecule has 0 unspecified atom stereocenters. The molecule has 0 aliphatic carbocycles. The molecule has 0 aliphatic heterocycles. The van der Waals surface area contributed by atoms with Gasteiger partial charge in [0.1, 0.15) is 0 Å². The molecule has 0 aromatic heterocycles. The van der Waals surface area contributed by atoms with Crippen molar-refractivity contribution < 1.29 is 44.3 Å². The number of amides is 1. The van der Waals surface area contributed by atoms with E-state index in [1.165, 1.54) is 83.5 Å². The molecule has 0 rings (SSSR count). The molecular formula is C21H40NNaO3. The quantitative estimate of drug-likeness (QED) is 0.238. The third-order valence-electron chi connectivity index (χ3n) is 4.19. The molecule has 0 heterocycles. The van der Waals surface area contributed by atoms with E-state index in [4.69, 9.17) is 0 Å². The number of hydrogen-bond acceptors (Lipinski definition) is 3. The average molecular weight is 378 g/mol. The van der Waals surface area contributed by atoms with Crippen LogP contribution in [-0.2, 0) is 9.59 Å². The Hall–Kier alpha value is -0.320. The van der Waals surface area contributed by atoms with Crippen LogP contribution in [0.5, 0.6) is 0 Å². The largest absolute Gasteiger partial charge is 1.00 e. The second kappa shape index (κ2) is 26.9. The van der Waals surface area contributed by atoms with Crippen LogP contribution in [0, 0.1) is 0 Å². The predicted octanol–water partition coefficient (Wildman–Crippen LogP) is 1.66. The molecule has 0 aromatic rings. The Kier molecular flexibility index (Phi) is 31.5. The molecule has 0 spiro atoms. The first-order chi connectivity index (χ1) is 12.0. The van der Waals surface area contributed by atoms with Crippen molar-refractivity contribution in [3.05, 3.63) is 12.7 Å². The second-order valence-corrected chi connectivity index (χ2v) is 6.68. The second-order valence-electron chi connectivity index (χ2n) is 6.68. The van der Waals surface area contributed by atoms with E-state index in [0.29, 0.717) is 0 Å². The normalized spacial score (nSPS) is 9.58. The van der Waals surface area contributed by atoms with Crippen molar-refractivity contribution in [2.24, 2.45) is 5.73 Å². The van der Waals surface area contributed by atoms with Crippen molar-refractivity contribution in [2.75, 3.05) is 0 Å². The summed E-state index contributed by atoms with van der Waals surface area (Å²) in [5.41, 5.74) is 4.53. The Morgan fingerprint density at radius 2 is 1.04 bits per heavy atom. The monoisotopic (exact) mass is 377 g/mol. The third-order valence-corrected chi connectivity index (χ3v) is 4.19. The first-order valence-corrected chi connectivity index (χ1v) is 10.2. The van der Waals surface area contributed by atoms with Crippen molar-refractivity contribution in [3.63, 3.8) is 0 Å². The maximum atomic E-state index is 10.2. The maximum absolute atomic E-state index is 10.2. The zero-order valence-electron chi connectivity index (χ0n) is 17.4. The Balaban J connectivity index is -0.000000772. The molecule has 5 heteroatoms. The van der Waals surface area contributed by atoms with Crippen molar-refractivity contribution in [3.8, 4) is 0 Å². The maximum Gasteiger partial charge on any atom is 1.00 e. The summed E-state index contributed by atoms with van der Waals surface area (Å²) in [4.78, 5) is 19.7. The molecule has 1 amide bonds. The van der Waals surface area contributed by atoms with Gasteiger partial charge in [0.2, 0.25) is 5.91 Å². The van der Waals surface area contributed by atoms with Crippen LogP contribution in [0.3, 0.4) is 0 Å². The number of carboxylic acid groups (broad SMARTS) is 1. The van der Waals surface area contributed by atoms with Gasteiger partial charge in [-0.15, -0.1) is 0 Å². The summed E-state index contributed by atoms with van der Waals surface area (Å²) in [6.07, 6.45) is 20.9. The number of carbonyl (C=O) groups excluding carboxylic acids is 2. The molecule has 4 nitrogen and oxygen atoms in total. The van der Waals surface area contributed by atoms with Crippen LogP contribution >= 0.6 is 0 Å². The zero-order valence-corrected chi connectivity index (χ0v) is 19.4. The van der Waals surface area contributed by atoms with Gasteiger partial charge >= 0.3 is 29.6 Å². The summed E-state index contributed by atoms with van der Waals surface area (Å²) < 4.78 is 0. The number of primary amides is 1. The van der Waals surface area contributed by atoms with E-state index in [1.54, 1.807) is 0 Å². The van der Waals surface area contributed by atoms with Crippen LogP contribution in [0.25, 0.3) is 0 Å². The van der Waals surface area contributed by atoms with Gasteiger partial charge in [-0.25, -0.2) is 0 Å². The molecule has 0 saturated carbocycles. The minimum absolute atomic E-state index is 0. The smallest absolute Gasteiger partial charge is 0.550 e. The van der Waals surface area contributed by atoms with E-state index in [1.807, 2.05) is 0 Å². The number of hydrogen-bond donors (Lipinski definition) is 1. The SMILES string of the molecule is C=CC(N)=O.CCCCCCCCCCCCCCCCCC(=O)[O-].[Na+]. The van der Waals surface area contributed by atoms with Crippen molar-refractivity contribution in [1.29, 1.82) is 0 Å². The predicted molar refractivity (Wildman–Crippen MR) is 104 cm³/mol. The van der Waals surface area contributed by atoms with Gasteiger partial charge in [-0.1, -0.05) is 103 Å². The molecular weight excluding hydrogens is 337 g/mol. The molecule has 2 N–H and O–H groups in total. The fraction of sp³-hybridized carbons (Fsp3) is 0.810. The number of rotatable bonds is 17. The van der Waals surface area contributed by atoms with E-state index < -0.39 is 11.9 Å². The standard InChI is InChI=1S/C18H36O2.C3H5NO.Na/c1-2-3-4-5-6-7-8-9-10-11-12-13-14-15-16-17-18(19)20;1-2-3(4)5;/h2-17H2,1H3,(H,19,20);2H,1H2,(H2,4,5);/q;;+1/p-1. The van der Waals surface area contributed by atoms with Crippen LogP contribution in [0.15, 0.2) is 12.7 Å². The van der Waals surface area contributed by atoms with Gasteiger partial charge in [-0.3, -0.25) is 4.79 Å². The molecule has 0 atom stereocenters. The van der Waals surface area contributed by atoms with Crippen molar-refractivity contribution in [1.82, 2.24) is 0 Å². The van der Waals surface area contributed by atoms with E-state index in [2.05, 4.69) is 19.2 Å². The number of carboxylic acids is 1. The van der Waals surface area contributed by atoms with Gasteiger partial charge in [0, 0.05) is 5.97 Å². The first kappa shape index (κ1) is 30.4. The van der Waals surface area contributed by atoms with Crippen molar-refractivity contribution in [2.45, 2.75) is 110 Å². The van der Waals surface area contributed by atoms with Gasteiger partial charge < -0.3 is 15.6 Å². The molecule has 0 aliphatic rings. The number of carbonyl (C=O) groups is 2.